The molecule has 0 bridgehead atoms. The van der Waals surface area contributed by atoms with Gasteiger partial charge in [-0.3, -0.25) is 4.79 Å². The monoisotopic (exact) mass is 380 g/mol. The van der Waals surface area contributed by atoms with Crippen LogP contribution in [0.1, 0.15) is 5.56 Å². The van der Waals surface area contributed by atoms with E-state index in [9.17, 15) is 4.79 Å². The molecule has 0 fully saturated rings. The summed E-state index contributed by atoms with van der Waals surface area (Å²) in [5.74, 6) is 0.203. The van der Waals surface area contributed by atoms with E-state index >= 15 is 0 Å². The molecule has 6 heteroatoms. The maximum atomic E-state index is 12.1. The zero-order chi connectivity index (χ0) is 18.2. The number of benzene rings is 2. The number of ether oxygens (including phenoxy) is 1. The lowest BCUT2D eigenvalue weighted by atomic mass is 10.1. The molecule has 0 unspecified atom stereocenters. The second-order valence-electron chi connectivity index (χ2n) is 5.97. The first-order valence-corrected chi connectivity index (χ1v) is 8.76. The van der Waals surface area contributed by atoms with E-state index in [1.165, 1.54) is 5.56 Å². The van der Waals surface area contributed by atoms with Crippen molar-refractivity contribution in [1.29, 1.82) is 0 Å². The Kier molecular flexibility index (Phi) is 7.56. The third kappa shape index (κ3) is 6.58. The molecule has 2 aromatic rings. The van der Waals surface area contributed by atoms with Crippen LogP contribution >= 0.6 is 23.2 Å². The fourth-order valence-corrected chi connectivity index (χ4v) is 2.67. The van der Waals surface area contributed by atoms with Crippen LogP contribution in [0.15, 0.2) is 48.5 Å². The molecule has 25 heavy (non-hydrogen) atoms. The van der Waals surface area contributed by atoms with E-state index in [0.29, 0.717) is 22.3 Å². The van der Waals surface area contributed by atoms with Crippen molar-refractivity contribution in [3.05, 3.63) is 64.1 Å². The highest BCUT2D eigenvalue weighted by Crippen LogP contribution is 2.27. The highest BCUT2D eigenvalue weighted by Gasteiger charge is 2.14. The standard InChI is InChI=1S/C19H22Cl2N2O2/c1-23(2)16(10-14-6-4-3-5-7-14)12-22-19(24)13-25-18-11-15(20)8-9-17(18)21/h3-9,11,16H,10,12-13H2,1-2H3,(H,22,24)/t16-/m1/s1. The van der Waals surface area contributed by atoms with Gasteiger partial charge in [0, 0.05) is 23.7 Å². The third-order valence-corrected chi connectivity index (χ3v) is 4.38. The summed E-state index contributed by atoms with van der Waals surface area (Å²) < 4.78 is 5.45. The molecule has 1 N–H and O–H groups in total. The molecule has 0 aliphatic heterocycles. The molecular weight excluding hydrogens is 359 g/mol. The zero-order valence-electron chi connectivity index (χ0n) is 14.3. The van der Waals surface area contributed by atoms with Crippen LogP contribution in [-0.4, -0.2) is 44.1 Å². The summed E-state index contributed by atoms with van der Waals surface area (Å²) in [5.41, 5.74) is 1.23. The van der Waals surface area contributed by atoms with Gasteiger partial charge in [0.1, 0.15) is 5.75 Å². The number of amides is 1. The second-order valence-corrected chi connectivity index (χ2v) is 6.82. The molecule has 0 saturated carbocycles. The summed E-state index contributed by atoms with van der Waals surface area (Å²) in [7, 11) is 4.00. The average Bonchev–Trinajstić information content (AvgIpc) is 2.60. The Hall–Kier alpha value is -1.75. The SMILES string of the molecule is CN(C)[C@@H](CNC(=O)COc1cc(Cl)ccc1Cl)Cc1ccccc1. The van der Waals surface area contributed by atoms with E-state index in [-0.39, 0.29) is 18.6 Å². The summed E-state index contributed by atoms with van der Waals surface area (Å²) in [4.78, 5) is 14.2. The molecule has 1 amide bonds. The summed E-state index contributed by atoms with van der Waals surface area (Å²) >= 11 is 11.9. The van der Waals surface area contributed by atoms with Gasteiger partial charge in [-0.25, -0.2) is 0 Å². The number of rotatable bonds is 8. The number of nitrogens with one attached hydrogen (secondary N) is 1. The molecule has 0 spiro atoms. The number of halogens is 2. The zero-order valence-corrected chi connectivity index (χ0v) is 15.8. The lowest BCUT2D eigenvalue weighted by Gasteiger charge is -2.24. The van der Waals surface area contributed by atoms with Crippen LogP contribution in [0.4, 0.5) is 0 Å². The molecule has 0 aliphatic carbocycles. The molecule has 1 atom stereocenters. The molecule has 2 rings (SSSR count). The van der Waals surface area contributed by atoms with Crippen LogP contribution < -0.4 is 10.1 Å². The highest BCUT2D eigenvalue weighted by atomic mass is 35.5. The average molecular weight is 381 g/mol. The Balaban J connectivity index is 1.83. The number of hydrogen-bond acceptors (Lipinski definition) is 3. The van der Waals surface area contributed by atoms with Crippen molar-refractivity contribution in [3.63, 3.8) is 0 Å². The van der Waals surface area contributed by atoms with E-state index in [0.717, 1.165) is 6.42 Å². The van der Waals surface area contributed by atoms with Crippen molar-refractivity contribution in [2.45, 2.75) is 12.5 Å². The Morgan fingerprint density at radius 3 is 2.56 bits per heavy atom. The van der Waals surface area contributed by atoms with Crippen LogP contribution in [0.25, 0.3) is 0 Å². The van der Waals surface area contributed by atoms with Gasteiger partial charge in [-0.05, 0) is 38.2 Å². The van der Waals surface area contributed by atoms with Gasteiger partial charge in [0.15, 0.2) is 6.61 Å². The summed E-state index contributed by atoms with van der Waals surface area (Å²) in [6, 6.07) is 15.3. The van der Waals surface area contributed by atoms with Gasteiger partial charge in [-0.2, -0.15) is 0 Å². The fourth-order valence-electron chi connectivity index (χ4n) is 2.34. The van der Waals surface area contributed by atoms with E-state index in [4.69, 9.17) is 27.9 Å². The first-order chi connectivity index (χ1) is 12.0. The minimum atomic E-state index is -0.198. The van der Waals surface area contributed by atoms with Gasteiger partial charge in [0.2, 0.25) is 0 Å². The second kappa shape index (κ2) is 9.66. The Morgan fingerprint density at radius 1 is 1.16 bits per heavy atom. The van der Waals surface area contributed by atoms with E-state index in [1.54, 1.807) is 18.2 Å². The molecule has 0 aliphatic rings. The van der Waals surface area contributed by atoms with Gasteiger partial charge in [-0.1, -0.05) is 53.5 Å². The molecule has 4 nitrogen and oxygen atoms in total. The predicted octanol–water partition coefficient (Wildman–Crippen LogP) is 3.66. The maximum absolute atomic E-state index is 12.1. The number of carbonyl (C=O) groups is 1. The number of likely N-dealkylation sites (N-methyl/N-ethyl adjacent to an activating group) is 1. The maximum Gasteiger partial charge on any atom is 0.257 e. The number of carbonyl (C=O) groups excluding carboxylic acids is 1. The van der Waals surface area contributed by atoms with Crippen molar-refractivity contribution >= 4 is 29.1 Å². The first-order valence-electron chi connectivity index (χ1n) is 8.00. The topological polar surface area (TPSA) is 41.6 Å². The van der Waals surface area contributed by atoms with Gasteiger partial charge < -0.3 is 15.0 Å². The normalized spacial score (nSPS) is 12.0. The van der Waals surface area contributed by atoms with Gasteiger partial charge in [-0.15, -0.1) is 0 Å². The smallest absolute Gasteiger partial charge is 0.257 e. The largest absolute Gasteiger partial charge is 0.482 e. The summed E-state index contributed by atoms with van der Waals surface area (Å²) in [5, 5.41) is 3.84. The number of nitrogens with zero attached hydrogens (tertiary/aromatic N) is 1. The molecule has 134 valence electrons. The molecule has 0 aromatic heterocycles. The van der Waals surface area contributed by atoms with Crippen molar-refractivity contribution in [2.75, 3.05) is 27.2 Å². The Morgan fingerprint density at radius 2 is 1.88 bits per heavy atom. The number of hydrogen-bond donors (Lipinski definition) is 1. The summed E-state index contributed by atoms with van der Waals surface area (Å²) in [6.07, 6.45) is 0.856. The fraction of sp³-hybridized carbons (Fsp3) is 0.316. The van der Waals surface area contributed by atoms with E-state index < -0.39 is 0 Å². The van der Waals surface area contributed by atoms with Crippen LogP contribution in [0.5, 0.6) is 5.75 Å². The van der Waals surface area contributed by atoms with Crippen molar-refractivity contribution in [1.82, 2.24) is 10.2 Å². The van der Waals surface area contributed by atoms with E-state index in [2.05, 4.69) is 22.3 Å². The minimum Gasteiger partial charge on any atom is -0.482 e. The van der Waals surface area contributed by atoms with Crippen LogP contribution in [-0.2, 0) is 11.2 Å². The van der Waals surface area contributed by atoms with Crippen LogP contribution in [0.2, 0.25) is 10.0 Å². The van der Waals surface area contributed by atoms with Crippen LogP contribution in [0.3, 0.4) is 0 Å². The van der Waals surface area contributed by atoms with Gasteiger partial charge in [0.05, 0.1) is 5.02 Å². The van der Waals surface area contributed by atoms with Crippen molar-refractivity contribution in [3.8, 4) is 5.75 Å². The molecule has 2 aromatic carbocycles. The lowest BCUT2D eigenvalue weighted by Crippen LogP contribution is -2.42. The highest BCUT2D eigenvalue weighted by molar-refractivity contribution is 6.34. The van der Waals surface area contributed by atoms with Crippen molar-refractivity contribution in [2.24, 2.45) is 0 Å². The van der Waals surface area contributed by atoms with Crippen LogP contribution in [0, 0.1) is 0 Å². The predicted molar refractivity (Wildman–Crippen MR) is 103 cm³/mol. The lowest BCUT2D eigenvalue weighted by molar-refractivity contribution is -0.123. The minimum absolute atomic E-state index is 0.106. The quantitative estimate of drug-likeness (QED) is 0.759. The first kappa shape index (κ1) is 19.6. The van der Waals surface area contributed by atoms with Crippen molar-refractivity contribution < 1.29 is 9.53 Å². The molecular formula is C19H22Cl2N2O2. The molecule has 0 heterocycles. The third-order valence-electron chi connectivity index (χ3n) is 3.83. The Bertz CT molecular complexity index is 693. The van der Waals surface area contributed by atoms with Gasteiger partial charge in [0.25, 0.3) is 5.91 Å². The van der Waals surface area contributed by atoms with E-state index in [1.807, 2.05) is 32.3 Å². The van der Waals surface area contributed by atoms with Gasteiger partial charge >= 0.3 is 0 Å². The Labute approximate surface area is 158 Å². The molecule has 0 saturated heterocycles. The molecule has 0 radical (unpaired) electrons. The summed E-state index contributed by atoms with van der Waals surface area (Å²) in [6.45, 7) is 0.429.